The standard InChI is InChI=1S/C23H34N2O5S.C23H32N2O5S/c2*1-8-17-14(2)19(28-13-15-9-11-16(27-7)12-10-15)18-20(29-17)31-21(24-18)25(6)22(26)30-23(3,4)5/h9-12,14,17-20H,8,13H2,1-7H3;8-12,14,17-20H,1,13H2,2-7H3/t2*14-,17-,18-,19+,20-/m11/s1. The number of methoxy groups -OCH3 is 2. The molecule has 0 saturated carbocycles. The zero-order valence-corrected chi connectivity index (χ0v) is 40.1. The van der Waals surface area contributed by atoms with Gasteiger partial charge < -0.3 is 37.9 Å². The van der Waals surface area contributed by atoms with E-state index in [0.717, 1.165) is 29.0 Å². The SMILES string of the molecule is C=C[C@H]1O[C@@H]2SC(N(C)C(=O)OC(C)(C)C)=N[C@@H]2[C@@H](OCc2ccc(OC)cc2)[C@@H]1C.CC[C@H]1O[C@@H]2SC(N(C)C(=O)OC(C)(C)C)=N[C@@H]2[C@@H](OCc2ccc(OC)cc2)[C@@H]1C. The maximum atomic E-state index is 12.5. The smallest absolute Gasteiger partial charge is 0.416 e. The molecule has 4 aliphatic rings. The van der Waals surface area contributed by atoms with Gasteiger partial charge in [0.2, 0.25) is 0 Å². The van der Waals surface area contributed by atoms with Crippen LogP contribution in [0.3, 0.4) is 0 Å². The van der Waals surface area contributed by atoms with Crippen molar-refractivity contribution in [3.63, 3.8) is 0 Å². The molecule has 2 aromatic rings. The third-order valence-corrected chi connectivity index (χ3v) is 13.1. The quantitative estimate of drug-likeness (QED) is 0.210. The van der Waals surface area contributed by atoms with E-state index in [9.17, 15) is 9.59 Å². The van der Waals surface area contributed by atoms with Crippen LogP contribution in [0.4, 0.5) is 9.59 Å². The molecule has 342 valence electrons. The first-order chi connectivity index (χ1) is 29.2. The summed E-state index contributed by atoms with van der Waals surface area (Å²) in [6.07, 6.45) is 1.47. The molecule has 10 atom stereocenters. The van der Waals surface area contributed by atoms with Crippen LogP contribution in [-0.4, -0.2) is 119 Å². The zero-order chi connectivity index (χ0) is 45.5. The molecule has 0 N–H and O–H groups in total. The fourth-order valence-electron chi connectivity index (χ4n) is 7.27. The van der Waals surface area contributed by atoms with Gasteiger partial charge in [-0.2, -0.15) is 0 Å². The third-order valence-electron chi connectivity index (χ3n) is 10.7. The lowest BCUT2D eigenvalue weighted by Crippen LogP contribution is -2.51. The largest absolute Gasteiger partial charge is 0.497 e. The second kappa shape index (κ2) is 21.3. The van der Waals surface area contributed by atoms with E-state index in [1.54, 1.807) is 34.4 Å². The molecule has 14 nitrogen and oxygen atoms in total. The number of ether oxygens (including phenoxy) is 8. The summed E-state index contributed by atoms with van der Waals surface area (Å²) in [4.78, 5) is 37.5. The van der Waals surface area contributed by atoms with Gasteiger partial charge in [0.1, 0.15) is 45.7 Å². The highest BCUT2D eigenvalue weighted by atomic mass is 32.2. The van der Waals surface area contributed by atoms with Crippen LogP contribution < -0.4 is 9.47 Å². The molecule has 6 rings (SSSR count). The number of rotatable bonds is 10. The molecular weight excluding hydrogens is 833 g/mol. The summed E-state index contributed by atoms with van der Waals surface area (Å²) >= 11 is 2.88. The molecule has 16 heteroatoms. The van der Waals surface area contributed by atoms with Crippen LogP contribution >= 0.6 is 23.5 Å². The number of carbonyl (C=O) groups excluding carboxylic acids is 2. The maximum Gasteiger partial charge on any atom is 0.416 e. The molecule has 0 aliphatic carbocycles. The lowest BCUT2D eigenvalue weighted by atomic mass is 9.88. The highest BCUT2D eigenvalue weighted by molar-refractivity contribution is 8.14. The Balaban J connectivity index is 0.000000234. The van der Waals surface area contributed by atoms with Crippen molar-refractivity contribution in [1.29, 1.82) is 0 Å². The number of amidine groups is 2. The number of thioether (sulfide) groups is 2. The Bertz CT molecular complexity index is 1880. The van der Waals surface area contributed by atoms with Gasteiger partial charge in [0.05, 0.1) is 51.8 Å². The monoisotopic (exact) mass is 898 g/mol. The fourth-order valence-corrected chi connectivity index (χ4v) is 9.61. The number of fused-ring (bicyclic) bond motifs is 2. The van der Waals surface area contributed by atoms with Gasteiger partial charge in [-0.15, -0.1) is 6.58 Å². The second-order valence-corrected chi connectivity index (χ2v) is 19.9. The van der Waals surface area contributed by atoms with Crippen molar-refractivity contribution < 1.29 is 47.5 Å². The molecule has 0 bridgehead atoms. The Labute approximate surface area is 376 Å². The Morgan fingerprint density at radius 1 is 0.710 bits per heavy atom. The molecule has 2 fully saturated rings. The summed E-state index contributed by atoms with van der Waals surface area (Å²) in [7, 11) is 6.65. The molecule has 0 spiro atoms. The normalized spacial score (nSPS) is 27.9. The van der Waals surface area contributed by atoms with Gasteiger partial charge in [0.25, 0.3) is 0 Å². The van der Waals surface area contributed by atoms with Gasteiger partial charge in [-0.05, 0) is 83.4 Å². The van der Waals surface area contributed by atoms with Crippen LogP contribution in [-0.2, 0) is 41.6 Å². The van der Waals surface area contributed by atoms with Crippen LogP contribution in [0.25, 0.3) is 0 Å². The number of hydrogen-bond donors (Lipinski definition) is 0. The van der Waals surface area contributed by atoms with Crippen molar-refractivity contribution in [2.45, 2.75) is 141 Å². The van der Waals surface area contributed by atoms with E-state index in [-0.39, 0.29) is 59.2 Å². The number of benzene rings is 2. The van der Waals surface area contributed by atoms with Gasteiger partial charge in [0.15, 0.2) is 10.3 Å². The first kappa shape index (κ1) is 49.2. The molecule has 4 heterocycles. The summed E-state index contributed by atoms with van der Waals surface area (Å²) < 4.78 is 46.7. The molecule has 62 heavy (non-hydrogen) atoms. The van der Waals surface area contributed by atoms with Crippen LogP contribution in [0.15, 0.2) is 71.2 Å². The zero-order valence-electron chi connectivity index (χ0n) is 38.5. The first-order valence-electron chi connectivity index (χ1n) is 21.1. The Hall–Kier alpha value is -3.80. The predicted octanol–water partition coefficient (Wildman–Crippen LogP) is 9.16. The van der Waals surface area contributed by atoms with Gasteiger partial charge in [0, 0.05) is 25.9 Å². The van der Waals surface area contributed by atoms with Crippen molar-refractivity contribution in [1.82, 2.24) is 9.80 Å². The van der Waals surface area contributed by atoms with E-state index < -0.39 is 23.4 Å². The fraction of sp³-hybridized carbons (Fsp3) is 0.609. The molecular formula is C46H66N4O10S2. The highest BCUT2D eigenvalue weighted by Gasteiger charge is 2.50. The predicted molar refractivity (Wildman–Crippen MR) is 245 cm³/mol. The van der Waals surface area contributed by atoms with E-state index >= 15 is 0 Å². The van der Waals surface area contributed by atoms with Crippen molar-refractivity contribution in [3.8, 4) is 11.5 Å². The van der Waals surface area contributed by atoms with Crippen LogP contribution in [0.1, 0.15) is 79.9 Å². The van der Waals surface area contributed by atoms with Gasteiger partial charge in [-0.25, -0.2) is 9.59 Å². The van der Waals surface area contributed by atoms with Crippen molar-refractivity contribution >= 4 is 46.0 Å². The third kappa shape index (κ3) is 12.7. The van der Waals surface area contributed by atoms with Crippen molar-refractivity contribution in [3.05, 3.63) is 72.3 Å². The second-order valence-electron chi connectivity index (χ2n) is 17.7. The van der Waals surface area contributed by atoms with E-state index in [0.29, 0.717) is 23.5 Å². The van der Waals surface area contributed by atoms with Gasteiger partial charge in [-0.3, -0.25) is 19.8 Å². The molecule has 2 saturated heterocycles. The molecule has 0 unspecified atom stereocenters. The molecule has 2 aromatic carbocycles. The minimum Gasteiger partial charge on any atom is -0.497 e. The van der Waals surface area contributed by atoms with E-state index in [2.05, 4.69) is 27.4 Å². The minimum atomic E-state index is -0.578. The minimum absolute atomic E-state index is 0.0625. The average Bonchev–Trinajstić information content (AvgIpc) is 3.86. The molecule has 0 aromatic heterocycles. The topological polar surface area (TPSA) is 139 Å². The van der Waals surface area contributed by atoms with Crippen molar-refractivity contribution in [2.75, 3.05) is 28.3 Å². The van der Waals surface area contributed by atoms with E-state index in [4.69, 9.17) is 47.9 Å². The van der Waals surface area contributed by atoms with E-state index in [1.165, 1.54) is 33.3 Å². The van der Waals surface area contributed by atoms with Crippen LogP contribution in [0.2, 0.25) is 0 Å². The van der Waals surface area contributed by atoms with Crippen LogP contribution in [0.5, 0.6) is 11.5 Å². The van der Waals surface area contributed by atoms with E-state index in [1.807, 2.05) is 90.1 Å². The average molecular weight is 899 g/mol. The molecule has 2 amide bonds. The summed E-state index contributed by atoms with van der Waals surface area (Å²) in [6.45, 7) is 22.3. The van der Waals surface area contributed by atoms with Gasteiger partial charge in [-0.1, -0.05) is 74.6 Å². The molecule has 4 aliphatic heterocycles. The summed E-state index contributed by atoms with van der Waals surface area (Å²) in [6, 6.07) is 15.3. The number of aliphatic imine (C=N–C) groups is 2. The first-order valence-corrected chi connectivity index (χ1v) is 22.9. The highest BCUT2D eigenvalue weighted by Crippen LogP contribution is 2.43. The lowest BCUT2D eigenvalue weighted by Gasteiger charge is -2.41. The Morgan fingerprint density at radius 3 is 1.48 bits per heavy atom. The lowest BCUT2D eigenvalue weighted by molar-refractivity contribution is -0.137. The summed E-state index contributed by atoms with van der Waals surface area (Å²) in [5, 5.41) is 1.17. The Morgan fingerprint density at radius 2 is 1.11 bits per heavy atom. The Kier molecular flexibility index (Phi) is 16.9. The number of amides is 2. The number of hydrogen-bond acceptors (Lipinski definition) is 14. The number of nitrogens with zero attached hydrogens (tertiary/aromatic N) is 4. The summed E-state index contributed by atoms with van der Waals surface area (Å²) in [5.74, 6) is 1.87. The number of carbonyl (C=O) groups is 2. The summed E-state index contributed by atoms with van der Waals surface area (Å²) in [5.41, 5.74) is 0.549. The van der Waals surface area contributed by atoms with Gasteiger partial charge >= 0.3 is 12.2 Å². The van der Waals surface area contributed by atoms with Crippen molar-refractivity contribution in [2.24, 2.45) is 21.8 Å². The van der Waals surface area contributed by atoms with Crippen LogP contribution in [0, 0.1) is 11.8 Å². The maximum absolute atomic E-state index is 12.5. The molecule has 0 radical (unpaired) electrons.